The summed E-state index contributed by atoms with van der Waals surface area (Å²) in [5.41, 5.74) is 3.01. The maximum atomic E-state index is 11.5. The third-order valence-corrected chi connectivity index (χ3v) is 3.45. The lowest BCUT2D eigenvalue weighted by Gasteiger charge is -2.10. The number of hydrogen-bond donors (Lipinski definition) is 1. The predicted molar refractivity (Wildman–Crippen MR) is 69.4 cm³/mol. The fraction of sp³-hybridized carbons (Fsp3) is 0.200. The zero-order valence-corrected chi connectivity index (χ0v) is 10.3. The van der Waals surface area contributed by atoms with Crippen LogP contribution in [0, 0.1) is 0 Å². The fourth-order valence-corrected chi connectivity index (χ4v) is 2.59. The minimum atomic E-state index is -0.946. The van der Waals surface area contributed by atoms with Gasteiger partial charge in [-0.1, -0.05) is 30.3 Å². The van der Waals surface area contributed by atoms with Crippen LogP contribution in [-0.4, -0.2) is 21.4 Å². The van der Waals surface area contributed by atoms with Crippen LogP contribution in [0.15, 0.2) is 36.4 Å². The van der Waals surface area contributed by atoms with Gasteiger partial charge in [-0.2, -0.15) is 0 Å². The third-order valence-electron chi connectivity index (χ3n) is 3.45. The second-order valence-electron chi connectivity index (χ2n) is 4.77. The quantitative estimate of drug-likeness (QED) is 0.911. The number of fused-ring (bicyclic) bond motifs is 1. The first-order valence-electron chi connectivity index (χ1n) is 6.15. The van der Waals surface area contributed by atoms with Crippen molar-refractivity contribution in [2.45, 2.75) is 19.4 Å². The number of carboxylic acid groups (broad SMARTS) is 1. The minimum Gasteiger partial charge on any atom is -0.477 e. The van der Waals surface area contributed by atoms with Crippen LogP contribution in [0.4, 0.5) is 0 Å². The van der Waals surface area contributed by atoms with Crippen LogP contribution < -0.4 is 0 Å². The van der Waals surface area contributed by atoms with Gasteiger partial charge in [-0.05, 0) is 17.2 Å². The minimum absolute atomic E-state index is 0.156. The molecule has 4 nitrogen and oxygen atoms in total. The average molecular weight is 255 g/mol. The molecule has 0 atom stereocenters. The fourth-order valence-electron chi connectivity index (χ4n) is 2.59. The van der Waals surface area contributed by atoms with Gasteiger partial charge in [0, 0.05) is 25.1 Å². The zero-order valence-electron chi connectivity index (χ0n) is 10.3. The first-order valence-corrected chi connectivity index (χ1v) is 6.15. The molecule has 1 N–H and O–H groups in total. The Balaban J connectivity index is 2.04. The number of rotatable bonds is 3. The number of ketones is 1. The van der Waals surface area contributed by atoms with E-state index in [-0.39, 0.29) is 11.5 Å². The summed E-state index contributed by atoms with van der Waals surface area (Å²) in [7, 11) is 0. The molecule has 0 radical (unpaired) electrons. The molecule has 0 amide bonds. The molecule has 0 aliphatic heterocycles. The van der Waals surface area contributed by atoms with Crippen LogP contribution in [0.3, 0.4) is 0 Å². The molecule has 19 heavy (non-hydrogen) atoms. The van der Waals surface area contributed by atoms with Crippen molar-refractivity contribution in [3.8, 4) is 0 Å². The lowest BCUT2D eigenvalue weighted by atomic mass is 10.2. The molecule has 1 heterocycles. The second kappa shape index (κ2) is 4.39. The normalized spacial score (nSPS) is 13.6. The van der Waals surface area contributed by atoms with Gasteiger partial charge in [-0.25, -0.2) is 4.79 Å². The number of Topliss-reactive ketones (excluding diaryl/α,β-unsaturated/α-hetero) is 1. The molecule has 0 spiro atoms. The lowest BCUT2D eigenvalue weighted by molar-refractivity contribution is -0.117. The number of carboxylic acids is 1. The van der Waals surface area contributed by atoms with E-state index < -0.39 is 5.97 Å². The summed E-state index contributed by atoms with van der Waals surface area (Å²) in [4.78, 5) is 22.8. The molecule has 3 rings (SSSR count). The second-order valence-corrected chi connectivity index (χ2v) is 4.77. The van der Waals surface area contributed by atoms with E-state index in [4.69, 9.17) is 0 Å². The molecule has 96 valence electrons. The van der Waals surface area contributed by atoms with Crippen LogP contribution in [-0.2, 0) is 24.2 Å². The predicted octanol–water partition coefficient (Wildman–Crippen LogP) is 1.90. The van der Waals surface area contributed by atoms with Crippen molar-refractivity contribution < 1.29 is 14.7 Å². The van der Waals surface area contributed by atoms with E-state index in [0.717, 1.165) is 16.8 Å². The molecule has 1 aromatic carbocycles. The van der Waals surface area contributed by atoms with Crippen LogP contribution >= 0.6 is 0 Å². The molecule has 0 fully saturated rings. The highest BCUT2D eigenvalue weighted by molar-refractivity contribution is 5.92. The summed E-state index contributed by atoms with van der Waals surface area (Å²) in [5, 5.41) is 9.26. The Bertz CT molecular complexity index is 656. The molecule has 0 bridgehead atoms. The standard InChI is InChI=1S/C15H13NO3/c17-12-6-11-7-14(15(18)19)16(13(11)8-12)9-10-4-2-1-3-5-10/h1-5,7H,6,8-9H2,(H,18,19). The first-order chi connectivity index (χ1) is 9.15. The van der Waals surface area contributed by atoms with E-state index >= 15 is 0 Å². The third kappa shape index (κ3) is 2.05. The number of aromatic nitrogens is 1. The molecule has 2 aromatic rings. The molecule has 1 aliphatic rings. The van der Waals surface area contributed by atoms with Crippen molar-refractivity contribution in [1.29, 1.82) is 0 Å². The highest BCUT2D eigenvalue weighted by Gasteiger charge is 2.27. The number of carbonyl (C=O) groups is 2. The number of hydrogen-bond acceptors (Lipinski definition) is 2. The van der Waals surface area contributed by atoms with E-state index in [1.165, 1.54) is 0 Å². The molecule has 0 saturated carbocycles. The van der Waals surface area contributed by atoms with Crippen LogP contribution in [0.5, 0.6) is 0 Å². The molecular formula is C15H13NO3. The van der Waals surface area contributed by atoms with Gasteiger partial charge in [0.05, 0.1) is 0 Å². The summed E-state index contributed by atoms with van der Waals surface area (Å²) < 4.78 is 1.75. The van der Waals surface area contributed by atoms with E-state index in [1.54, 1.807) is 10.6 Å². The van der Waals surface area contributed by atoms with Gasteiger partial charge in [0.1, 0.15) is 11.5 Å². The van der Waals surface area contributed by atoms with Crippen molar-refractivity contribution in [3.63, 3.8) is 0 Å². The number of aromatic carboxylic acids is 1. The molecular weight excluding hydrogens is 242 g/mol. The Morgan fingerprint density at radius 1 is 1.21 bits per heavy atom. The Labute approximate surface area is 110 Å². The van der Waals surface area contributed by atoms with E-state index in [9.17, 15) is 14.7 Å². The van der Waals surface area contributed by atoms with Crippen molar-refractivity contribution in [2.24, 2.45) is 0 Å². The van der Waals surface area contributed by atoms with Gasteiger partial charge in [0.2, 0.25) is 0 Å². The Hall–Kier alpha value is -2.36. The molecule has 4 heteroatoms. The maximum Gasteiger partial charge on any atom is 0.352 e. The largest absolute Gasteiger partial charge is 0.477 e. The molecule has 1 aromatic heterocycles. The van der Waals surface area contributed by atoms with Crippen molar-refractivity contribution in [1.82, 2.24) is 4.57 Å². The Kier molecular flexibility index (Phi) is 2.71. The van der Waals surface area contributed by atoms with Gasteiger partial charge in [-0.15, -0.1) is 0 Å². The SMILES string of the molecule is O=C1Cc2cc(C(=O)O)n(Cc3ccccc3)c2C1. The van der Waals surface area contributed by atoms with E-state index in [1.807, 2.05) is 30.3 Å². The van der Waals surface area contributed by atoms with Crippen LogP contribution in [0.1, 0.15) is 27.3 Å². The van der Waals surface area contributed by atoms with E-state index in [0.29, 0.717) is 19.4 Å². The van der Waals surface area contributed by atoms with Gasteiger partial charge in [0.25, 0.3) is 0 Å². The van der Waals surface area contributed by atoms with Gasteiger partial charge < -0.3 is 9.67 Å². The highest BCUT2D eigenvalue weighted by atomic mass is 16.4. The molecule has 0 unspecified atom stereocenters. The average Bonchev–Trinajstić information content (AvgIpc) is 2.89. The van der Waals surface area contributed by atoms with Crippen molar-refractivity contribution >= 4 is 11.8 Å². The summed E-state index contributed by atoms with van der Waals surface area (Å²) >= 11 is 0. The maximum absolute atomic E-state index is 11.5. The topological polar surface area (TPSA) is 59.3 Å². The highest BCUT2D eigenvalue weighted by Crippen LogP contribution is 2.25. The summed E-state index contributed by atoms with van der Waals surface area (Å²) in [5.74, 6) is -0.790. The van der Waals surface area contributed by atoms with Crippen LogP contribution in [0.2, 0.25) is 0 Å². The number of benzene rings is 1. The summed E-state index contributed by atoms with van der Waals surface area (Å²) in [6.45, 7) is 0.491. The zero-order chi connectivity index (χ0) is 13.4. The smallest absolute Gasteiger partial charge is 0.352 e. The van der Waals surface area contributed by atoms with Crippen molar-refractivity contribution in [2.75, 3.05) is 0 Å². The molecule has 1 aliphatic carbocycles. The lowest BCUT2D eigenvalue weighted by Crippen LogP contribution is -2.13. The van der Waals surface area contributed by atoms with Gasteiger partial charge in [0.15, 0.2) is 0 Å². The number of carbonyl (C=O) groups excluding carboxylic acids is 1. The molecule has 0 saturated heterocycles. The monoisotopic (exact) mass is 255 g/mol. The summed E-state index contributed by atoms with van der Waals surface area (Å²) in [6, 6.07) is 11.3. The van der Waals surface area contributed by atoms with Crippen molar-refractivity contribution in [3.05, 3.63) is 58.9 Å². The first kappa shape index (κ1) is 11.7. The Morgan fingerprint density at radius 2 is 1.95 bits per heavy atom. The van der Waals surface area contributed by atoms with Gasteiger partial charge >= 0.3 is 5.97 Å². The van der Waals surface area contributed by atoms with Gasteiger partial charge in [-0.3, -0.25) is 4.79 Å². The van der Waals surface area contributed by atoms with Crippen LogP contribution in [0.25, 0.3) is 0 Å². The van der Waals surface area contributed by atoms with E-state index in [2.05, 4.69) is 0 Å². The number of nitrogens with zero attached hydrogens (tertiary/aromatic N) is 1. The summed E-state index contributed by atoms with van der Waals surface area (Å²) in [6.07, 6.45) is 0.701. The Morgan fingerprint density at radius 3 is 2.63 bits per heavy atom.